The third-order valence-corrected chi connectivity index (χ3v) is 4.93. The van der Waals surface area contributed by atoms with E-state index in [1.807, 2.05) is 6.07 Å². The van der Waals surface area contributed by atoms with E-state index in [4.69, 9.17) is 23.8 Å². The highest BCUT2D eigenvalue weighted by Gasteiger charge is 2.12. The Kier molecular flexibility index (Phi) is 7.42. The third-order valence-electron chi connectivity index (χ3n) is 3.42. The molecule has 0 unspecified atom stereocenters. The summed E-state index contributed by atoms with van der Waals surface area (Å²) in [6, 6.07) is 8.65. The highest BCUT2D eigenvalue weighted by atomic mass is 35.5. The molecule has 24 heavy (non-hydrogen) atoms. The molecule has 0 aliphatic carbocycles. The molecule has 0 radical (unpaired) electrons. The molecule has 1 aromatic carbocycles. The summed E-state index contributed by atoms with van der Waals surface area (Å²) in [5.74, 6) is -0.436. The molecule has 0 saturated carbocycles. The Balaban J connectivity index is 2.03. The van der Waals surface area contributed by atoms with Crippen molar-refractivity contribution < 1.29 is 4.39 Å². The van der Waals surface area contributed by atoms with Gasteiger partial charge in [0.2, 0.25) is 0 Å². The quantitative estimate of drug-likeness (QED) is 0.696. The lowest BCUT2D eigenvalue weighted by Gasteiger charge is -2.26. The molecule has 0 aliphatic rings. The largest absolute Gasteiger partial charge is 0.344 e. The molecule has 3 nitrogen and oxygen atoms in total. The van der Waals surface area contributed by atoms with E-state index in [0.29, 0.717) is 10.8 Å². The van der Waals surface area contributed by atoms with Gasteiger partial charge in [0.15, 0.2) is 5.11 Å². The summed E-state index contributed by atoms with van der Waals surface area (Å²) < 4.78 is 13.3. The Morgan fingerprint density at radius 2 is 2.08 bits per heavy atom. The SMILES string of the molecule is CN(C)CCCN(Cc1cccs1)C(=S)Nc1ccc(F)c(Cl)c1. The average molecular weight is 386 g/mol. The first-order chi connectivity index (χ1) is 11.5. The standard InChI is InChI=1S/C17H21ClFN3S2/c1-21(2)8-4-9-22(12-14-5-3-10-24-14)17(23)20-13-6-7-16(19)15(18)11-13/h3,5-7,10-11H,4,8-9,12H2,1-2H3,(H,20,23). The summed E-state index contributed by atoms with van der Waals surface area (Å²) >= 11 is 13.1. The molecule has 0 atom stereocenters. The maximum atomic E-state index is 13.3. The van der Waals surface area contributed by atoms with Crippen molar-refractivity contribution in [2.75, 3.05) is 32.5 Å². The van der Waals surface area contributed by atoms with Crippen LogP contribution in [0.3, 0.4) is 0 Å². The predicted octanol–water partition coefficient (Wildman–Crippen LogP) is 4.69. The van der Waals surface area contributed by atoms with Gasteiger partial charge in [-0.1, -0.05) is 17.7 Å². The van der Waals surface area contributed by atoms with Crippen molar-refractivity contribution in [3.05, 3.63) is 51.4 Å². The number of benzene rings is 1. The van der Waals surface area contributed by atoms with Crippen LogP contribution in [0, 0.1) is 5.82 Å². The zero-order valence-electron chi connectivity index (χ0n) is 13.8. The summed E-state index contributed by atoms with van der Waals surface area (Å²) in [6.45, 7) is 2.59. The van der Waals surface area contributed by atoms with Crippen molar-refractivity contribution in [1.82, 2.24) is 9.80 Å². The molecule has 1 N–H and O–H groups in total. The minimum atomic E-state index is -0.436. The Morgan fingerprint density at radius 1 is 1.29 bits per heavy atom. The van der Waals surface area contributed by atoms with Gasteiger partial charge < -0.3 is 15.1 Å². The second-order valence-electron chi connectivity index (χ2n) is 5.72. The van der Waals surface area contributed by atoms with Gasteiger partial charge in [0.1, 0.15) is 5.82 Å². The highest BCUT2D eigenvalue weighted by molar-refractivity contribution is 7.80. The first-order valence-corrected chi connectivity index (χ1v) is 9.30. The summed E-state index contributed by atoms with van der Waals surface area (Å²) in [4.78, 5) is 5.53. The van der Waals surface area contributed by atoms with Gasteiger partial charge in [-0.2, -0.15) is 0 Å². The van der Waals surface area contributed by atoms with Crippen molar-refractivity contribution in [2.24, 2.45) is 0 Å². The molecule has 2 aromatic rings. The van der Waals surface area contributed by atoms with E-state index in [0.717, 1.165) is 26.1 Å². The lowest BCUT2D eigenvalue weighted by molar-refractivity contribution is 0.347. The average Bonchev–Trinajstić information content (AvgIpc) is 3.02. The lowest BCUT2D eigenvalue weighted by atomic mass is 10.3. The van der Waals surface area contributed by atoms with E-state index in [-0.39, 0.29) is 5.02 Å². The molecule has 0 bridgehead atoms. The first kappa shape index (κ1) is 19.1. The molecule has 0 aliphatic heterocycles. The number of hydrogen-bond donors (Lipinski definition) is 1. The molecule has 130 valence electrons. The molecule has 0 spiro atoms. The lowest BCUT2D eigenvalue weighted by Crippen LogP contribution is -2.36. The third kappa shape index (κ3) is 6.02. The fourth-order valence-corrected chi connectivity index (χ4v) is 3.37. The molecule has 0 fully saturated rings. The van der Waals surface area contributed by atoms with E-state index in [1.165, 1.54) is 10.9 Å². The Morgan fingerprint density at radius 3 is 2.71 bits per heavy atom. The van der Waals surface area contributed by atoms with Crippen LogP contribution in [0.15, 0.2) is 35.7 Å². The summed E-state index contributed by atoms with van der Waals surface area (Å²) in [6.07, 6.45) is 1.00. The van der Waals surface area contributed by atoms with E-state index in [2.05, 4.69) is 40.7 Å². The van der Waals surface area contributed by atoms with Crippen LogP contribution < -0.4 is 5.32 Å². The number of halogens is 2. The van der Waals surface area contributed by atoms with Gasteiger partial charge in [-0.3, -0.25) is 0 Å². The molecule has 2 rings (SSSR count). The number of thiocarbonyl (C=S) groups is 1. The van der Waals surface area contributed by atoms with Crippen LogP contribution in [-0.2, 0) is 6.54 Å². The van der Waals surface area contributed by atoms with E-state index in [9.17, 15) is 4.39 Å². The van der Waals surface area contributed by atoms with Crippen LogP contribution in [-0.4, -0.2) is 42.1 Å². The van der Waals surface area contributed by atoms with Gasteiger partial charge in [-0.25, -0.2) is 4.39 Å². The first-order valence-electron chi connectivity index (χ1n) is 7.64. The number of anilines is 1. The van der Waals surface area contributed by atoms with Crippen LogP contribution >= 0.6 is 35.2 Å². The predicted molar refractivity (Wildman–Crippen MR) is 106 cm³/mol. The van der Waals surface area contributed by atoms with Crippen LogP contribution in [0.25, 0.3) is 0 Å². The van der Waals surface area contributed by atoms with E-state index in [1.54, 1.807) is 23.5 Å². The van der Waals surface area contributed by atoms with Gasteiger partial charge >= 0.3 is 0 Å². The minimum Gasteiger partial charge on any atom is -0.344 e. The fraction of sp³-hybridized carbons (Fsp3) is 0.353. The van der Waals surface area contributed by atoms with E-state index < -0.39 is 5.82 Å². The number of hydrogen-bond acceptors (Lipinski definition) is 3. The van der Waals surface area contributed by atoms with Crippen molar-refractivity contribution in [3.63, 3.8) is 0 Å². The smallest absolute Gasteiger partial charge is 0.173 e. The number of thiophene rings is 1. The van der Waals surface area contributed by atoms with Crippen LogP contribution in [0.1, 0.15) is 11.3 Å². The number of rotatable bonds is 7. The monoisotopic (exact) mass is 385 g/mol. The maximum absolute atomic E-state index is 13.3. The van der Waals surface area contributed by atoms with Crippen molar-refractivity contribution in [3.8, 4) is 0 Å². The summed E-state index contributed by atoms with van der Waals surface area (Å²) in [5, 5.41) is 5.92. The van der Waals surface area contributed by atoms with Crippen LogP contribution in [0.5, 0.6) is 0 Å². The Bertz CT molecular complexity index is 662. The number of nitrogens with one attached hydrogen (secondary N) is 1. The molecule has 1 aromatic heterocycles. The van der Waals surface area contributed by atoms with Gasteiger partial charge in [0.25, 0.3) is 0 Å². The summed E-state index contributed by atoms with van der Waals surface area (Å²) in [7, 11) is 4.11. The van der Waals surface area contributed by atoms with Crippen LogP contribution in [0.2, 0.25) is 5.02 Å². The molecule has 1 heterocycles. The summed E-state index contributed by atoms with van der Waals surface area (Å²) in [5.41, 5.74) is 0.690. The van der Waals surface area contributed by atoms with Crippen molar-refractivity contribution in [1.29, 1.82) is 0 Å². The normalized spacial score (nSPS) is 10.9. The zero-order chi connectivity index (χ0) is 17.5. The molecular weight excluding hydrogens is 365 g/mol. The molecular formula is C17H21ClFN3S2. The molecule has 0 amide bonds. The zero-order valence-corrected chi connectivity index (χ0v) is 16.1. The minimum absolute atomic E-state index is 0.0835. The van der Waals surface area contributed by atoms with Crippen molar-refractivity contribution in [2.45, 2.75) is 13.0 Å². The molecule has 0 saturated heterocycles. The number of nitrogens with zero attached hydrogens (tertiary/aromatic N) is 2. The molecule has 7 heteroatoms. The van der Waals surface area contributed by atoms with E-state index >= 15 is 0 Å². The Hall–Kier alpha value is -1.21. The van der Waals surface area contributed by atoms with Gasteiger partial charge in [0, 0.05) is 17.1 Å². The van der Waals surface area contributed by atoms with Crippen LogP contribution in [0.4, 0.5) is 10.1 Å². The van der Waals surface area contributed by atoms with Gasteiger partial charge in [-0.15, -0.1) is 11.3 Å². The Labute approximate surface area is 157 Å². The van der Waals surface area contributed by atoms with Crippen molar-refractivity contribution >= 4 is 46.0 Å². The second kappa shape index (κ2) is 9.32. The highest BCUT2D eigenvalue weighted by Crippen LogP contribution is 2.20. The second-order valence-corrected chi connectivity index (χ2v) is 7.54. The van der Waals surface area contributed by atoms with Gasteiger partial charge in [0.05, 0.1) is 11.6 Å². The maximum Gasteiger partial charge on any atom is 0.173 e. The topological polar surface area (TPSA) is 18.5 Å². The van der Waals surface area contributed by atoms with Gasteiger partial charge in [-0.05, 0) is 68.9 Å². The fourth-order valence-electron chi connectivity index (χ4n) is 2.20.